The molecule has 0 radical (unpaired) electrons. The molecule has 1 amide bonds. The molecule has 1 saturated heterocycles. The van der Waals surface area contributed by atoms with Crippen molar-refractivity contribution in [2.45, 2.75) is 44.6 Å². The zero-order valence-electron chi connectivity index (χ0n) is 14.0. The van der Waals surface area contributed by atoms with Gasteiger partial charge in [-0.2, -0.15) is 0 Å². The minimum absolute atomic E-state index is 0.0480. The second kappa shape index (κ2) is 6.76. The normalized spacial score (nSPS) is 17.2. The van der Waals surface area contributed by atoms with E-state index in [1.54, 1.807) is 20.8 Å². The van der Waals surface area contributed by atoms with Gasteiger partial charge in [0.25, 0.3) is 0 Å². The van der Waals surface area contributed by atoms with Crippen molar-refractivity contribution >= 4 is 17.7 Å². The van der Waals surface area contributed by atoms with Crippen LogP contribution in [0.15, 0.2) is 18.2 Å². The van der Waals surface area contributed by atoms with E-state index in [0.29, 0.717) is 0 Å². The Balaban J connectivity index is 2.31. The summed E-state index contributed by atoms with van der Waals surface area (Å²) in [5.41, 5.74) is -1.69. The molecule has 2 rings (SSSR count). The van der Waals surface area contributed by atoms with Gasteiger partial charge >= 0.3 is 12.1 Å². The highest BCUT2D eigenvalue weighted by Crippen LogP contribution is 2.38. The summed E-state index contributed by atoms with van der Waals surface area (Å²) >= 11 is 0. The molecule has 1 aromatic rings. The van der Waals surface area contributed by atoms with Crippen molar-refractivity contribution in [3.05, 3.63) is 29.6 Å². The largest absolute Gasteiger partial charge is 0.481 e. The van der Waals surface area contributed by atoms with Gasteiger partial charge in [0.2, 0.25) is 0 Å². The minimum atomic E-state index is -1.35. The number of amides is 1. The summed E-state index contributed by atoms with van der Waals surface area (Å²) in [5, 5.41) is 12.2. The lowest BCUT2D eigenvalue weighted by Crippen LogP contribution is -2.42. The van der Waals surface area contributed by atoms with E-state index in [0.717, 1.165) is 6.07 Å². The molecule has 0 atom stereocenters. The third kappa shape index (κ3) is 4.03. The topological polar surface area (TPSA) is 84.9 Å². The van der Waals surface area contributed by atoms with E-state index in [1.165, 1.54) is 12.1 Å². The first-order chi connectivity index (χ1) is 11.1. The number of benzene rings is 1. The van der Waals surface area contributed by atoms with Crippen molar-refractivity contribution in [2.24, 2.45) is 0 Å². The molecular formula is C17H22FNO5. The second-order valence-electron chi connectivity index (χ2n) is 6.82. The Morgan fingerprint density at radius 2 is 1.92 bits per heavy atom. The zero-order valence-corrected chi connectivity index (χ0v) is 14.0. The third-order valence-electron chi connectivity index (χ3n) is 3.88. The molecule has 1 fully saturated rings. The van der Waals surface area contributed by atoms with Crippen LogP contribution in [0.1, 0.15) is 39.2 Å². The van der Waals surface area contributed by atoms with Gasteiger partial charge in [-0.15, -0.1) is 0 Å². The van der Waals surface area contributed by atoms with Gasteiger partial charge in [0.1, 0.15) is 11.4 Å². The van der Waals surface area contributed by atoms with E-state index in [9.17, 15) is 19.1 Å². The van der Waals surface area contributed by atoms with Gasteiger partial charge in [-0.25, -0.2) is 9.18 Å². The van der Waals surface area contributed by atoms with Crippen molar-refractivity contribution in [1.29, 1.82) is 0 Å². The quantitative estimate of drug-likeness (QED) is 0.882. The maximum Gasteiger partial charge on any atom is 0.412 e. The lowest BCUT2D eigenvalue weighted by molar-refractivity contribution is -0.148. The predicted molar refractivity (Wildman–Crippen MR) is 85.6 cm³/mol. The molecular weight excluding hydrogens is 317 g/mol. The summed E-state index contributed by atoms with van der Waals surface area (Å²) in [6.45, 7) is 5.67. The van der Waals surface area contributed by atoms with E-state index in [4.69, 9.17) is 9.47 Å². The van der Waals surface area contributed by atoms with Crippen LogP contribution in [-0.2, 0) is 19.7 Å². The number of carboxylic acids is 1. The molecule has 1 aliphatic rings. The first-order valence-corrected chi connectivity index (χ1v) is 7.75. The van der Waals surface area contributed by atoms with Crippen LogP contribution in [0.5, 0.6) is 0 Å². The number of aliphatic carboxylic acids is 1. The Morgan fingerprint density at radius 1 is 1.29 bits per heavy atom. The Labute approximate surface area is 139 Å². The Bertz CT molecular complexity index is 632. The van der Waals surface area contributed by atoms with Crippen LogP contribution in [0.4, 0.5) is 14.9 Å². The van der Waals surface area contributed by atoms with Crippen LogP contribution >= 0.6 is 0 Å². The van der Waals surface area contributed by atoms with Crippen LogP contribution in [0, 0.1) is 5.82 Å². The summed E-state index contributed by atoms with van der Waals surface area (Å²) in [6.07, 6.45) is -0.332. The molecule has 24 heavy (non-hydrogen) atoms. The van der Waals surface area contributed by atoms with E-state index in [2.05, 4.69) is 5.32 Å². The highest BCUT2D eigenvalue weighted by molar-refractivity contribution is 5.86. The first kappa shape index (κ1) is 18.2. The average molecular weight is 339 g/mol. The molecule has 2 N–H and O–H groups in total. The van der Waals surface area contributed by atoms with Crippen molar-refractivity contribution in [3.8, 4) is 0 Å². The van der Waals surface area contributed by atoms with E-state index < -0.39 is 28.9 Å². The lowest BCUT2D eigenvalue weighted by atomic mass is 9.74. The zero-order chi connectivity index (χ0) is 18.0. The van der Waals surface area contributed by atoms with Crippen LogP contribution < -0.4 is 5.32 Å². The summed E-state index contributed by atoms with van der Waals surface area (Å²) in [4.78, 5) is 23.7. The molecule has 7 heteroatoms. The number of anilines is 1. The van der Waals surface area contributed by atoms with Crippen LogP contribution in [0.25, 0.3) is 0 Å². The first-order valence-electron chi connectivity index (χ1n) is 7.75. The summed E-state index contributed by atoms with van der Waals surface area (Å²) in [7, 11) is 0. The van der Waals surface area contributed by atoms with Crippen molar-refractivity contribution in [1.82, 2.24) is 0 Å². The number of carbonyl (C=O) groups excluding carboxylic acids is 1. The SMILES string of the molecule is CC(C)(C)OC(=O)Nc1ccc(F)c(C2(C(=O)O)CCOCC2)c1. The molecule has 6 nitrogen and oxygen atoms in total. The highest BCUT2D eigenvalue weighted by atomic mass is 19.1. The van der Waals surface area contributed by atoms with Crippen LogP contribution in [0.3, 0.4) is 0 Å². The summed E-state index contributed by atoms with van der Waals surface area (Å²) < 4.78 is 24.7. The van der Waals surface area contributed by atoms with Crippen molar-refractivity contribution < 1.29 is 28.6 Å². The fourth-order valence-electron chi connectivity index (χ4n) is 2.71. The Hall–Kier alpha value is -2.15. The summed E-state index contributed by atoms with van der Waals surface area (Å²) in [6, 6.07) is 3.89. The minimum Gasteiger partial charge on any atom is -0.481 e. The molecule has 0 saturated carbocycles. The molecule has 1 aliphatic heterocycles. The Morgan fingerprint density at radius 3 is 2.46 bits per heavy atom. The second-order valence-corrected chi connectivity index (χ2v) is 6.82. The highest BCUT2D eigenvalue weighted by Gasteiger charge is 2.44. The van der Waals surface area contributed by atoms with Gasteiger partial charge in [0.15, 0.2) is 0 Å². The van der Waals surface area contributed by atoms with E-state index >= 15 is 0 Å². The predicted octanol–water partition coefficient (Wildman–Crippen LogP) is 3.31. The molecule has 0 bridgehead atoms. The van der Waals surface area contributed by atoms with E-state index in [-0.39, 0.29) is 37.3 Å². The molecule has 1 heterocycles. The van der Waals surface area contributed by atoms with Crippen molar-refractivity contribution in [3.63, 3.8) is 0 Å². The number of rotatable bonds is 3. The molecule has 1 aromatic carbocycles. The maximum absolute atomic E-state index is 14.3. The van der Waals surface area contributed by atoms with Gasteiger partial charge in [-0.05, 0) is 51.8 Å². The van der Waals surface area contributed by atoms with Gasteiger partial charge in [-0.1, -0.05) is 0 Å². The van der Waals surface area contributed by atoms with Crippen molar-refractivity contribution in [2.75, 3.05) is 18.5 Å². The number of carbonyl (C=O) groups is 2. The number of carboxylic acid groups (broad SMARTS) is 1. The molecule has 0 aromatic heterocycles. The van der Waals surface area contributed by atoms with Gasteiger partial charge in [-0.3, -0.25) is 10.1 Å². The summed E-state index contributed by atoms with van der Waals surface area (Å²) in [5.74, 6) is -1.71. The number of halogens is 1. The Kier molecular flexibility index (Phi) is 5.13. The maximum atomic E-state index is 14.3. The van der Waals surface area contributed by atoms with E-state index in [1.807, 2.05) is 0 Å². The van der Waals surface area contributed by atoms with Crippen LogP contribution in [-0.4, -0.2) is 36.0 Å². The third-order valence-corrected chi connectivity index (χ3v) is 3.88. The molecule has 0 unspecified atom stereocenters. The smallest absolute Gasteiger partial charge is 0.412 e. The van der Waals surface area contributed by atoms with Gasteiger partial charge in [0, 0.05) is 24.5 Å². The number of hydrogen-bond donors (Lipinski definition) is 2. The fourth-order valence-corrected chi connectivity index (χ4v) is 2.71. The molecule has 0 aliphatic carbocycles. The molecule has 132 valence electrons. The standard InChI is InChI=1S/C17H22FNO5/c1-16(2,3)24-15(22)19-11-4-5-13(18)12(10-11)17(14(20)21)6-8-23-9-7-17/h4-5,10H,6-9H2,1-3H3,(H,19,22)(H,20,21). The van der Waals surface area contributed by atoms with Crippen LogP contribution in [0.2, 0.25) is 0 Å². The molecule has 0 spiro atoms. The average Bonchev–Trinajstić information content (AvgIpc) is 2.48. The monoisotopic (exact) mass is 339 g/mol. The number of nitrogens with one attached hydrogen (secondary N) is 1. The number of hydrogen-bond acceptors (Lipinski definition) is 4. The van der Waals surface area contributed by atoms with Gasteiger partial charge < -0.3 is 14.6 Å². The number of ether oxygens (including phenoxy) is 2. The fraction of sp³-hybridized carbons (Fsp3) is 0.529. The lowest BCUT2D eigenvalue weighted by Gasteiger charge is -2.34. The van der Waals surface area contributed by atoms with Gasteiger partial charge in [0.05, 0.1) is 5.41 Å².